The first-order chi connectivity index (χ1) is 9.95. The first-order valence-corrected chi connectivity index (χ1v) is 7.96. The van der Waals surface area contributed by atoms with Gasteiger partial charge in [-0.25, -0.2) is 9.97 Å². The summed E-state index contributed by atoms with van der Waals surface area (Å²) < 4.78 is 2.33. The highest BCUT2D eigenvalue weighted by molar-refractivity contribution is 5.71. The van der Waals surface area contributed by atoms with Crippen LogP contribution in [0.1, 0.15) is 39.4 Å². The van der Waals surface area contributed by atoms with E-state index in [4.69, 9.17) is 4.98 Å². The number of aromatic nitrogens is 3. The highest BCUT2D eigenvalue weighted by Gasteiger charge is 2.25. The van der Waals surface area contributed by atoms with Gasteiger partial charge in [-0.1, -0.05) is 0 Å². The second-order valence-electron chi connectivity index (χ2n) is 7.33. The molecule has 1 aliphatic heterocycles. The Morgan fingerprint density at radius 3 is 2.62 bits per heavy atom. The lowest BCUT2D eigenvalue weighted by Gasteiger charge is -2.30. The van der Waals surface area contributed by atoms with Crippen molar-refractivity contribution >= 4 is 11.2 Å². The molecule has 0 saturated carbocycles. The lowest BCUT2D eigenvalue weighted by molar-refractivity contribution is 0.214. The van der Waals surface area contributed by atoms with Crippen LogP contribution in [0, 0.1) is 5.92 Å². The highest BCUT2D eigenvalue weighted by atomic mass is 15.2. The van der Waals surface area contributed by atoms with Crippen molar-refractivity contribution in [2.24, 2.45) is 5.92 Å². The average molecular weight is 286 g/mol. The molecule has 1 fully saturated rings. The van der Waals surface area contributed by atoms with Crippen molar-refractivity contribution in [3.8, 4) is 0 Å². The summed E-state index contributed by atoms with van der Waals surface area (Å²) in [5, 5.41) is 0. The van der Waals surface area contributed by atoms with Gasteiger partial charge in [0.15, 0.2) is 5.65 Å². The Morgan fingerprint density at radius 2 is 1.95 bits per heavy atom. The average Bonchev–Trinajstić information content (AvgIpc) is 2.79. The molecular formula is C17H26N4. The summed E-state index contributed by atoms with van der Waals surface area (Å²) in [6.07, 6.45) is 5.49. The number of hydrogen-bond acceptors (Lipinski definition) is 3. The van der Waals surface area contributed by atoms with Gasteiger partial charge in [0.25, 0.3) is 0 Å². The Balaban J connectivity index is 1.94. The van der Waals surface area contributed by atoms with Crippen LogP contribution in [0.3, 0.4) is 0 Å². The number of rotatable bonds is 2. The van der Waals surface area contributed by atoms with Crippen LogP contribution >= 0.6 is 0 Å². The van der Waals surface area contributed by atoms with Gasteiger partial charge in [0, 0.05) is 18.2 Å². The molecule has 4 heteroatoms. The molecule has 2 aromatic heterocycles. The fourth-order valence-corrected chi connectivity index (χ4v) is 3.33. The lowest BCUT2D eigenvalue weighted by atomic mass is 9.93. The number of piperidine rings is 1. The zero-order valence-electron chi connectivity index (χ0n) is 13.6. The fraction of sp³-hybridized carbons (Fsp3) is 0.647. The van der Waals surface area contributed by atoms with Gasteiger partial charge in [-0.2, -0.15) is 0 Å². The molecule has 0 aromatic carbocycles. The van der Waals surface area contributed by atoms with Crippen molar-refractivity contribution in [1.82, 2.24) is 19.4 Å². The van der Waals surface area contributed by atoms with Gasteiger partial charge in [-0.05, 0) is 71.8 Å². The molecule has 0 spiro atoms. The Kier molecular flexibility index (Phi) is 3.74. The van der Waals surface area contributed by atoms with Crippen LogP contribution < -0.4 is 0 Å². The van der Waals surface area contributed by atoms with E-state index in [0.29, 0.717) is 0 Å². The molecule has 0 radical (unpaired) electrons. The van der Waals surface area contributed by atoms with Crippen molar-refractivity contribution in [2.45, 2.75) is 45.6 Å². The number of nitrogens with zero attached hydrogens (tertiary/aromatic N) is 4. The second-order valence-corrected chi connectivity index (χ2v) is 7.33. The Hall–Kier alpha value is -1.42. The molecule has 3 heterocycles. The topological polar surface area (TPSA) is 34.0 Å². The van der Waals surface area contributed by atoms with E-state index >= 15 is 0 Å². The summed E-state index contributed by atoms with van der Waals surface area (Å²) >= 11 is 0. The second kappa shape index (κ2) is 5.41. The third kappa shape index (κ3) is 2.95. The molecule has 1 aliphatic rings. The summed E-state index contributed by atoms with van der Waals surface area (Å²) in [5.41, 5.74) is 2.06. The smallest absolute Gasteiger partial charge is 0.160 e. The van der Waals surface area contributed by atoms with Gasteiger partial charge in [0.05, 0.1) is 0 Å². The minimum atomic E-state index is 0.0178. The van der Waals surface area contributed by atoms with Gasteiger partial charge in [0.1, 0.15) is 11.3 Å². The Morgan fingerprint density at radius 1 is 1.24 bits per heavy atom. The number of fused-ring (bicyclic) bond motifs is 1. The molecule has 21 heavy (non-hydrogen) atoms. The monoisotopic (exact) mass is 286 g/mol. The summed E-state index contributed by atoms with van der Waals surface area (Å²) in [4.78, 5) is 11.9. The zero-order valence-corrected chi connectivity index (χ0v) is 13.6. The van der Waals surface area contributed by atoms with Crippen molar-refractivity contribution in [3.05, 3.63) is 24.2 Å². The molecule has 2 aromatic rings. The van der Waals surface area contributed by atoms with Gasteiger partial charge < -0.3 is 9.47 Å². The molecule has 0 unspecified atom stereocenters. The SMILES string of the molecule is CN1CCC(Cc2nc3cccnc3n2C(C)(C)C)CC1. The maximum absolute atomic E-state index is 4.88. The van der Waals surface area contributed by atoms with Crippen LogP contribution in [-0.4, -0.2) is 39.6 Å². The van der Waals surface area contributed by atoms with E-state index < -0.39 is 0 Å². The van der Waals surface area contributed by atoms with E-state index in [1.807, 2.05) is 12.3 Å². The molecule has 0 amide bonds. The number of imidazole rings is 1. The first kappa shape index (κ1) is 14.5. The fourth-order valence-electron chi connectivity index (χ4n) is 3.33. The summed E-state index contributed by atoms with van der Waals surface area (Å²) in [7, 11) is 2.21. The first-order valence-electron chi connectivity index (χ1n) is 7.96. The third-order valence-corrected chi connectivity index (χ3v) is 4.47. The van der Waals surface area contributed by atoms with Crippen molar-refractivity contribution in [1.29, 1.82) is 0 Å². The summed E-state index contributed by atoms with van der Waals surface area (Å²) in [5.74, 6) is 1.95. The van der Waals surface area contributed by atoms with E-state index in [2.05, 4.69) is 48.3 Å². The highest BCUT2D eigenvalue weighted by Crippen LogP contribution is 2.27. The Labute approximate surface area is 127 Å². The van der Waals surface area contributed by atoms with Crippen molar-refractivity contribution in [2.75, 3.05) is 20.1 Å². The maximum atomic E-state index is 4.88. The molecule has 0 N–H and O–H groups in total. The van der Waals surface area contributed by atoms with Crippen LogP contribution in [0.25, 0.3) is 11.2 Å². The van der Waals surface area contributed by atoms with Gasteiger partial charge in [-0.15, -0.1) is 0 Å². The predicted octanol–water partition coefficient (Wildman–Crippen LogP) is 3.07. The van der Waals surface area contributed by atoms with E-state index in [1.165, 1.54) is 31.8 Å². The molecule has 0 bridgehead atoms. The largest absolute Gasteiger partial charge is 0.307 e. The van der Waals surface area contributed by atoms with Gasteiger partial charge in [0.2, 0.25) is 0 Å². The minimum Gasteiger partial charge on any atom is -0.307 e. The van der Waals surface area contributed by atoms with Crippen molar-refractivity contribution in [3.63, 3.8) is 0 Å². The van der Waals surface area contributed by atoms with E-state index in [0.717, 1.165) is 23.5 Å². The molecule has 1 saturated heterocycles. The van der Waals surface area contributed by atoms with E-state index in [1.54, 1.807) is 0 Å². The van der Waals surface area contributed by atoms with Crippen LogP contribution in [0.2, 0.25) is 0 Å². The third-order valence-electron chi connectivity index (χ3n) is 4.47. The molecule has 114 valence electrons. The standard InChI is InChI=1S/C17H26N4/c1-17(2,3)21-15(12-13-7-10-20(4)11-8-13)19-14-6-5-9-18-16(14)21/h5-6,9,13H,7-8,10-12H2,1-4H3. The van der Waals surface area contributed by atoms with Crippen LogP contribution in [0.5, 0.6) is 0 Å². The zero-order chi connectivity index (χ0) is 15.0. The lowest BCUT2D eigenvalue weighted by Crippen LogP contribution is -2.32. The predicted molar refractivity (Wildman–Crippen MR) is 86.4 cm³/mol. The normalized spacial score (nSPS) is 18.5. The Bertz CT molecular complexity index is 615. The maximum Gasteiger partial charge on any atom is 0.160 e. The van der Waals surface area contributed by atoms with Crippen molar-refractivity contribution < 1.29 is 0 Å². The molecule has 0 aliphatic carbocycles. The number of pyridine rings is 1. The van der Waals surface area contributed by atoms with Crippen LogP contribution in [-0.2, 0) is 12.0 Å². The van der Waals surface area contributed by atoms with Gasteiger partial charge >= 0.3 is 0 Å². The molecule has 3 rings (SSSR count). The summed E-state index contributed by atoms with van der Waals surface area (Å²) in [6, 6.07) is 4.05. The van der Waals surface area contributed by atoms with Crippen LogP contribution in [0.15, 0.2) is 18.3 Å². The van der Waals surface area contributed by atoms with E-state index in [-0.39, 0.29) is 5.54 Å². The number of hydrogen-bond donors (Lipinski definition) is 0. The van der Waals surface area contributed by atoms with E-state index in [9.17, 15) is 0 Å². The molecular weight excluding hydrogens is 260 g/mol. The summed E-state index contributed by atoms with van der Waals surface area (Å²) in [6.45, 7) is 9.13. The molecule has 4 nitrogen and oxygen atoms in total. The molecule has 0 atom stereocenters. The van der Waals surface area contributed by atoms with Crippen LogP contribution in [0.4, 0.5) is 0 Å². The van der Waals surface area contributed by atoms with Gasteiger partial charge in [-0.3, -0.25) is 0 Å². The quantitative estimate of drug-likeness (QED) is 0.851. The minimum absolute atomic E-state index is 0.0178. The number of likely N-dealkylation sites (tertiary alicyclic amines) is 1.